The molecular formula is C18H25N3O4. The summed E-state index contributed by atoms with van der Waals surface area (Å²) in [6, 6.07) is 5.53. The molecule has 1 aliphatic carbocycles. The molecule has 1 saturated heterocycles. The molecule has 7 nitrogen and oxygen atoms in total. The number of nitrogens with one attached hydrogen (secondary N) is 2. The highest BCUT2D eigenvalue weighted by atomic mass is 16.5. The standard InChI is InChI=1S/C18H25N3O4/c1-24-14-7-8-15(16(10-14)25-2)20-17(22)12-4-3-9-21(11-12)18(23)19-13-5-6-13/h7-8,10,12-13H,3-6,9,11H2,1-2H3,(H,19,23)(H,20,22). The van der Waals surface area contributed by atoms with Gasteiger partial charge in [0.05, 0.1) is 25.8 Å². The number of methoxy groups -OCH3 is 2. The summed E-state index contributed by atoms with van der Waals surface area (Å²) in [5, 5.41) is 5.90. The fourth-order valence-corrected chi connectivity index (χ4v) is 3.01. The third kappa shape index (κ3) is 4.35. The van der Waals surface area contributed by atoms with Crippen LogP contribution in [0.1, 0.15) is 25.7 Å². The maximum atomic E-state index is 12.6. The maximum Gasteiger partial charge on any atom is 0.317 e. The lowest BCUT2D eigenvalue weighted by Gasteiger charge is -2.32. The van der Waals surface area contributed by atoms with Crippen molar-refractivity contribution < 1.29 is 19.1 Å². The van der Waals surface area contributed by atoms with Gasteiger partial charge in [-0.3, -0.25) is 4.79 Å². The summed E-state index contributed by atoms with van der Waals surface area (Å²) < 4.78 is 10.5. The van der Waals surface area contributed by atoms with Crippen molar-refractivity contribution in [1.29, 1.82) is 0 Å². The van der Waals surface area contributed by atoms with E-state index in [1.54, 1.807) is 37.3 Å². The van der Waals surface area contributed by atoms with Gasteiger partial charge in [-0.05, 0) is 37.8 Å². The number of nitrogens with zero attached hydrogens (tertiary/aromatic N) is 1. The summed E-state index contributed by atoms with van der Waals surface area (Å²) in [7, 11) is 3.13. The lowest BCUT2D eigenvalue weighted by molar-refractivity contribution is -0.121. The van der Waals surface area contributed by atoms with Crippen LogP contribution in [-0.4, -0.2) is 50.2 Å². The molecular weight excluding hydrogens is 322 g/mol. The highest BCUT2D eigenvalue weighted by Crippen LogP contribution is 2.30. The van der Waals surface area contributed by atoms with Crippen LogP contribution in [0.15, 0.2) is 18.2 Å². The highest BCUT2D eigenvalue weighted by Gasteiger charge is 2.31. The van der Waals surface area contributed by atoms with E-state index in [2.05, 4.69) is 10.6 Å². The van der Waals surface area contributed by atoms with Crippen LogP contribution in [0.25, 0.3) is 0 Å². The summed E-state index contributed by atoms with van der Waals surface area (Å²) in [4.78, 5) is 26.6. The van der Waals surface area contributed by atoms with E-state index in [-0.39, 0.29) is 17.9 Å². The van der Waals surface area contributed by atoms with Crippen molar-refractivity contribution in [3.8, 4) is 11.5 Å². The molecule has 136 valence electrons. The number of amides is 3. The monoisotopic (exact) mass is 347 g/mol. The third-order valence-corrected chi connectivity index (χ3v) is 4.65. The first kappa shape index (κ1) is 17.4. The fraction of sp³-hybridized carbons (Fsp3) is 0.556. The summed E-state index contributed by atoms with van der Waals surface area (Å²) in [6.45, 7) is 1.15. The summed E-state index contributed by atoms with van der Waals surface area (Å²) in [5.74, 6) is 0.903. The van der Waals surface area contributed by atoms with E-state index in [0.717, 1.165) is 25.7 Å². The molecule has 1 saturated carbocycles. The first-order valence-electron chi connectivity index (χ1n) is 8.69. The normalized spacial score (nSPS) is 19.9. The van der Waals surface area contributed by atoms with Crippen LogP contribution >= 0.6 is 0 Å². The van der Waals surface area contributed by atoms with Gasteiger partial charge in [0.25, 0.3) is 0 Å². The Morgan fingerprint density at radius 1 is 1.16 bits per heavy atom. The molecule has 1 unspecified atom stereocenters. The van der Waals surface area contributed by atoms with Gasteiger partial charge in [-0.15, -0.1) is 0 Å². The maximum absolute atomic E-state index is 12.6. The lowest BCUT2D eigenvalue weighted by Crippen LogP contribution is -2.48. The van der Waals surface area contributed by atoms with Gasteiger partial charge in [-0.25, -0.2) is 4.79 Å². The van der Waals surface area contributed by atoms with E-state index >= 15 is 0 Å². The van der Waals surface area contributed by atoms with Crippen LogP contribution in [-0.2, 0) is 4.79 Å². The van der Waals surface area contributed by atoms with Crippen LogP contribution in [0.2, 0.25) is 0 Å². The largest absolute Gasteiger partial charge is 0.497 e. The molecule has 1 aromatic rings. The number of piperidine rings is 1. The van der Waals surface area contributed by atoms with E-state index in [4.69, 9.17) is 9.47 Å². The molecule has 0 bridgehead atoms. The molecule has 2 N–H and O–H groups in total. The Kier molecular flexibility index (Phi) is 5.31. The molecule has 1 aromatic carbocycles. The van der Waals surface area contributed by atoms with Crippen molar-refractivity contribution in [2.45, 2.75) is 31.7 Å². The van der Waals surface area contributed by atoms with Crippen LogP contribution in [0.5, 0.6) is 11.5 Å². The smallest absolute Gasteiger partial charge is 0.317 e. The van der Waals surface area contributed by atoms with Gasteiger partial charge in [0, 0.05) is 25.2 Å². The van der Waals surface area contributed by atoms with Crippen molar-refractivity contribution in [3.05, 3.63) is 18.2 Å². The minimum Gasteiger partial charge on any atom is -0.497 e. The van der Waals surface area contributed by atoms with Gasteiger partial charge >= 0.3 is 6.03 Å². The number of hydrogen-bond donors (Lipinski definition) is 2. The van der Waals surface area contributed by atoms with E-state index in [9.17, 15) is 9.59 Å². The molecule has 25 heavy (non-hydrogen) atoms. The average Bonchev–Trinajstić information content (AvgIpc) is 3.46. The Morgan fingerprint density at radius 3 is 2.64 bits per heavy atom. The van der Waals surface area contributed by atoms with Crippen LogP contribution < -0.4 is 20.1 Å². The number of carbonyl (C=O) groups is 2. The van der Waals surface area contributed by atoms with Crippen molar-refractivity contribution in [2.24, 2.45) is 5.92 Å². The third-order valence-electron chi connectivity index (χ3n) is 4.65. The highest BCUT2D eigenvalue weighted by molar-refractivity contribution is 5.94. The number of urea groups is 1. The molecule has 1 atom stereocenters. The van der Waals surface area contributed by atoms with Crippen LogP contribution in [0, 0.1) is 5.92 Å². The summed E-state index contributed by atoms with van der Waals surface area (Å²) >= 11 is 0. The Labute approximate surface area is 147 Å². The van der Waals surface area contributed by atoms with E-state index in [1.807, 2.05) is 0 Å². The topological polar surface area (TPSA) is 79.9 Å². The predicted octanol–water partition coefficient (Wildman–Crippen LogP) is 2.23. The summed E-state index contributed by atoms with van der Waals surface area (Å²) in [6.07, 6.45) is 3.72. The van der Waals surface area contributed by atoms with Crippen LogP contribution in [0.4, 0.5) is 10.5 Å². The van der Waals surface area contributed by atoms with E-state index in [1.165, 1.54) is 0 Å². The fourth-order valence-electron chi connectivity index (χ4n) is 3.01. The average molecular weight is 347 g/mol. The number of hydrogen-bond acceptors (Lipinski definition) is 4. The Bertz CT molecular complexity index is 645. The number of ether oxygens (including phenoxy) is 2. The van der Waals surface area contributed by atoms with Crippen molar-refractivity contribution in [2.75, 3.05) is 32.6 Å². The zero-order valence-electron chi connectivity index (χ0n) is 14.7. The van der Waals surface area contributed by atoms with Crippen molar-refractivity contribution in [3.63, 3.8) is 0 Å². The summed E-state index contributed by atoms with van der Waals surface area (Å²) in [5.41, 5.74) is 0.604. The molecule has 0 radical (unpaired) electrons. The minimum absolute atomic E-state index is 0.0537. The molecule has 0 aromatic heterocycles. The molecule has 2 aliphatic rings. The number of benzene rings is 1. The van der Waals surface area contributed by atoms with Crippen molar-refractivity contribution >= 4 is 17.6 Å². The van der Waals surface area contributed by atoms with Gasteiger partial charge in [-0.1, -0.05) is 0 Å². The molecule has 3 rings (SSSR count). The second-order valence-corrected chi connectivity index (χ2v) is 6.56. The second-order valence-electron chi connectivity index (χ2n) is 6.56. The van der Waals surface area contributed by atoms with Gasteiger partial charge in [0.15, 0.2) is 0 Å². The van der Waals surface area contributed by atoms with Gasteiger partial charge in [0.1, 0.15) is 11.5 Å². The van der Waals surface area contributed by atoms with Crippen LogP contribution in [0.3, 0.4) is 0 Å². The Morgan fingerprint density at radius 2 is 1.96 bits per heavy atom. The van der Waals surface area contributed by atoms with Gasteiger partial charge in [0.2, 0.25) is 5.91 Å². The molecule has 7 heteroatoms. The zero-order chi connectivity index (χ0) is 17.8. The molecule has 1 heterocycles. The number of likely N-dealkylation sites (tertiary alicyclic amines) is 1. The van der Waals surface area contributed by atoms with Gasteiger partial charge in [-0.2, -0.15) is 0 Å². The first-order valence-corrected chi connectivity index (χ1v) is 8.69. The zero-order valence-corrected chi connectivity index (χ0v) is 14.7. The molecule has 3 amide bonds. The predicted molar refractivity (Wildman–Crippen MR) is 94.0 cm³/mol. The molecule has 1 aliphatic heterocycles. The second kappa shape index (κ2) is 7.63. The molecule has 0 spiro atoms. The Balaban J connectivity index is 1.61. The van der Waals surface area contributed by atoms with E-state index < -0.39 is 0 Å². The Hall–Kier alpha value is -2.44. The van der Waals surface area contributed by atoms with Crippen molar-refractivity contribution in [1.82, 2.24) is 10.2 Å². The minimum atomic E-state index is -0.217. The van der Waals surface area contributed by atoms with Gasteiger partial charge < -0.3 is 25.0 Å². The number of carbonyl (C=O) groups excluding carboxylic acids is 2. The number of rotatable bonds is 5. The number of anilines is 1. The molecule has 2 fully saturated rings. The van der Waals surface area contributed by atoms with E-state index in [0.29, 0.717) is 36.3 Å². The SMILES string of the molecule is COc1ccc(NC(=O)C2CCCN(C(=O)NC3CC3)C2)c(OC)c1. The first-order chi connectivity index (χ1) is 12.1. The quantitative estimate of drug-likeness (QED) is 0.856. The lowest BCUT2D eigenvalue weighted by atomic mass is 9.97.